The zero-order valence-electron chi connectivity index (χ0n) is 7.50. The molecule has 0 bridgehead atoms. The van der Waals surface area contributed by atoms with Crippen LogP contribution in [0, 0.1) is 10.9 Å². The summed E-state index contributed by atoms with van der Waals surface area (Å²) >= 11 is 12.6. The average molecular weight is 242 g/mol. The van der Waals surface area contributed by atoms with Crippen molar-refractivity contribution in [1.82, 2.24) is 4.98 Å². The Hall–Kier alpha value is -0.640. The fraction of sp³-hybridized carbons (Fsp3) is 0.100. The number of benzene rings is 1. The van der Waals surface area contributed by atoms with Gasteiger partial charge in [-0.3, -0.25) is 0 Å². The first-order chi connectivity index (χ1) is 6.66. The Bertz CT molecular complexity index is 513. The van der Waals surface area contributed by atoms with Gasteiger partial charge in [0, 0.05) is 15.5 Å². The lowest BCUT2D eigenvalue weighted by Crippen LogP contribution is -1.79. The van der Waals surface area contributed by atoms with Crippen molar-refractivity contribution in [1.29, 1.82) is 0 Å². The number of aromatic nitrogens is 1. The second-order valence-electron chi connectivity index (χ2n) is 2.96. The van der Waals surface area contributed by atoms with Crippen LogP contribution < -0.4 is 0 Å². The number of halogens is 1. The quantitative estimate of drug-likeness (QED) is 0.730. The molecule has 0 spiro atoms. The van der Waals surface area contributed by atoms with Gasteiger partial charge in [0.15, 0.2) is 3.95 Å². The summed E-state index contributed by atoms with van der Waals surface area (Å²) in [5.41, 5.74) is 2.16. The predicted molar refractivity (Wildman–Crippen MR) is 64.7 cm³/mol. The van der Waals surface area contributed by atoms with Crippen molar-refractivity contribution in [2.75, 3.05) is 0 Å². The van der Waals surface area contributed by atoms with Gasteiger partial charge in [-0.25, -0.2) is 0 Å². The third kappa shape index (κ3) is 1.90. The Labute approximate surface area is 96.4 Å². The van der Waals surface area contributed by atoms with Gasteiger partial charge in [-0.1, -0.05) is 23.7 Å². The molecule has 14 heavy (non-hydrogen) atoms. The van der Waals surface area contributed by atoms with Crippen molar-refractivity contribution in [3.05, 3.63) is 38.1 Å². The van der Waals surface area contributed by atoms with Crippen LogP contribution in [0.5, 0.6) is 0 Å². The van der Waals surface area contributed by atoms with E-state index < -0.39 is 0 Å². The number of rotatable bonds is 1. The Morgan fingerprint density at radius 2 is 2.21 bits per heavy atom. The molecule has 0 radical (unpaired) electrons. The highest BCUT2D eigenvalue weighted by Gasteiger charge is 2.04. The molecule has 2 rings (SSSR count). The Morgan fingerprint density at radius 1 is 1.43 bits per heavy atom. The number of nitrogens with one attached hydrogen (secondary N) is 1. The van der Waals surface area contributed by atoms with Crippen LogP contribution in [0.25, 0.3) is 11.3 Å². The minimum atomic E-state index is 0.743. The molecule has 4 heteroatoms. The van der Waals surface area contributed by atoms with Crippen molar-refractivity contribution >= 4 is 35.2 Å². The van der Waals surface area contributed by atoms with Crippen LogP contribution in [-0.2, 0) is 0 Å². The van der Waals surface area contributed by atoms with Gasteiger partial charge in [0.2, 0.25) is 0 Å². The van der Waals surface area contributed by atoms with Crippen molar-refractivity contribution in [3.63, 3.8) is 0 Å². The van der Waals surface area contributed by atoms with E-state index in [-0.39, 0.29) is 0 Å². The molecule has 0 aliphatic carbocycles. The molecule has 1 aromatic heterocycles. The highest BCUT2D eigenvalue weighted by atomic mass is 35.5. The Balaban J connectivity index is 2.59. The van der Waals surface area contributed by atoms with Crippen molar-refractivity contribution in [2.45, 2.75) is 6.92 Å². The van der Waals surface area contributed by atoms with E-state index in [2.05, 4.69) is 4.98 Å². The largest absolute Gasteiger partial charge is 0.337 e. The molecule has 0 atom stereocenters. The lowest BCUT2D eigenvalue weighted by molar-refractivity contribution is 1.36. The average Bonchev–Trinajstić information content (AvgIpc) is 2.45. The first kappa shape index (κ1) is 9.90. The lowest BCUT2D eigenvalue weighted by Gasteiger charge is -1.99. The number of aryl methyl sites for hydroxylation is 1. The summed E-state index contributed by atoms with van der Waals surface area (Å²) in [6.45, 7) is 2.05. The van der Waals surface area contributed by atoms with E-state index in [0.717, 1.165) is 20.2 Å². The van der Waals surface area contributed by atoms with Crippen LogP contribution in [0.1, 0.15) is 4.88 Å². The van der Waals surface area contributed by atoms with Gasteiger partial charge >= 0.3 is 0 Å². The fourth-order valence-corrected chi connectivity index (χ4v) is 2.69. The van der Waals surface area contributed by atoms with Gasteiger partial charge in [0.05, 0.1) is 5.69 Å². The van der Waals surface area contributed by atoms with Gasteiger partial charge in [0.1, 0.15) is 0 Å². The molecule has 0 aliphatic rings. The summed E-state index contributed by atoms with van der Waals surface area (Å²) < 4.78 is 0.803. The lowest BCUT2D eigenvalue weighted by atomic mass is 10.1. The topological polar surface area (TPSA) is 15.8 Å². The number of hydrogen-bond donors (Lipinski definition) is 1. The highest BCUT2D eigenvalue weighted by molar-refractivity contribution is 7.73. The van der Waals surface area contributed by atoms with Gasteiger partial charge in [0.25, 0.3) is 0 Å². The number of aromatic amines is 1. The zero-order chi connectivity index (χ0) is 10.1. The van der Waals surface area contributed by atoms with Crippen molar-refractivity contribution in [2.24, 2.45) is 0 Å². The Morgan fingerprint density at radius 3 is 2.79 bits per heavy atom. The standard InChI is InChI=1S/C10H8ClNS2/c1-6-9(12-10(13)14-6)7-3-2-4-8(11)5-7/h2-5H,1H3,(H,12,13). The van der Waals surface area contributed by atoms with E-state index in [0.29, 0.717) is 0 Å². The SMILES string of the molecule is Cc1sc(=S)[nH]c1-c1cccc(Cl)c1. The first-order valence-corrected chi connectivity index (χ1v) is 5.73. The summed E-state index contributed by atoms with van der Waals surface area (Å²) in [5.74, 6) is 0. The Kier molecular flexibility index (Phi) is 2.72. The zero-order valence-corrected chi connectivity index (χ0v) is 9.89. The third-order valence-electron chi connectivity index (χ3n) is 1.94. The first-order valence-electron chi connectivity index (χ1n) is 4.12. The summed E-state index contributed by atoms with van der Waals surface area (Å²) in [4.78, 5) is 4.35. The fourth-order valence-electron chi connectivity index (χ4n) is 1.33. The van der Waals surface area contributed by atoms with Crippen molar-refractivity contribution < 1.29 is 0 Å². The van der Waals surface area contributed by atoms with E-state index in [9.17, 15) is 0 Å². The third-order valence-corrected chi connectivity index (χ3v) is 3.32. The maximum atomic E-state index is 5.92. The van der Waals surface area contributed by atoms with Crippen molar-refractivity contribution in [3.8, 4) is 11.3 Å². The molecule has 0 saturated carbocycles. The molecule has 72 valence electrons. The maximum Gasteiger partial charge on any atom is 0.159 e. The number of thiazole rings is 1. The molecular formula is C10H8ClNS2. The molecule has 0 fully saturated rings. The minimum Gasteiger partial charge on any atom is -0.337 e. The van der Waals surface area contributed by atoms with Crippen LogP contribution in [0.2, 0.25) is 5.02 Å². The molecule has 0 amide bonds. The van der Waals surface area contributed by atoms with E-state index in [4.69, 9.17) is 23.8 Å². The molecule has 0 aliphatic heterocycles. The van der Waals surface area contributed by atoms with Crippen LogP contribution >= 0.6 is 35.2 Å². The molecule has 1 N–H and O–H groups in total. The monoisotopic (exact) mass is 241 g/mol. The second kappa shape index (κ2) is 3.85. The summed E-state index contributed by atoms with van der Waals surface area (Å²) in [6, 6.07) is 7.75. The molecular weight excluding hydrogens is 234 g/mol. The number of H-pyrrole nitrogens is 1. The van der Waals surface area contributed by atoms with Gasteiger partial charge < -0.3 is 4.98 Å². The van der Waals surface area contributed by atoms with E-state index in [1.54, 1.807) is 11.3 Å². The molecule has 1 aromatic carbocycles. The van der Waals surface area contributed by atoms with Crippen LogP contribution in [-0.4, -0.2) is 4.98 Å². The number of hydrogen-bond acceptors (Lipinski definition) is 2. The summed E-state index contributed by atoms with van der Waals surface area (Å²) in [6.07, 6.45) is 0. The van der Waals surface area contributed by atoms with Gasteiger partial charge in [-0.15, -0.1) is 11.3 Å². The second-order valence-corrected chi connectivity index (χ2v) is 5.28. The minimum absolute atomic E-state index is 0.743. The smallest absolute Gasteiger partial charge is 0.159 e. The molecule has 2 aromatic rings. The van der Waals surface area contributed by atoms with E-state index >= 15 is 0 Å². The van der Waals surface area contributed by atoms with Crippen LogP contribution in [0.4, 0.5) is 0 Å². The summed E-state index contributed by atoms with van der Waals surface area (Å²) in [7, 11) is 0. The normalized spacial score (nSPS) is 10.4. The molecule has 1 nitrogen and oxygen atoms in total. The maximum absolute atomic E-state index is 5.92. The van der Waals surface area contributed by atoms with Crippen LogP contribution in [0.15, 0.2) is 24.3 Å². The summed E-state index contributed by atoms with van der Waals surface area (Å²) in [5, 5.41) is 0.743. The van der Waals surface area contributed by atoms with Crippen LogP contribution in [0.3, 0.4) is 0 Å². The molecule has 0 unspecified atom stereocenters. The van der Waals surface area contributed by atoms with Gasteiger partial charge in [-0.2, -0.15) is 0 Å². The molecule has 1 heterocycles. The van der Waals surface area contributed by atoms with Gasteiger partial charge in [-0.05, 0) is 31.3 Å². The molecule has 0 saturated heterocycles. The predicted octanol–water partition coefficient (Wildman–Crippen LogP) is 4.43. The van der Waals surface area contributed by atoms with E-state index in [1.165, 1.54) is 4.88 Å². The highest BCUT2D eigenvalue weighted by Crippen LogP contribution is 2.27. The van der Waals surface area contributed by atoms with E-state index in [1.807, 2.05) is 31.2 Å².